The van der Waals surface area contributed by atoms with E-state index in [2.05, 4.69) is 29.6 Å². The van der Waals surface area contributed by atoms with Crippen molar-refractivity contribution in [3.8, 4) is 5.75 Å². The molecule has 148 valence electrons. The van der Waals surface area contributed by atoms with Crippen molar-refractivity contribution in [1.29, 1.82) is 0 Å². The van der Waals surface area contributed by atoms with E-state index in [4.69, 9.17) is 4.74 Å². The SMILES string of the molecule is O[C@@H](C[NH2+]C1CCCC1)COc1ccc(C23CC4CC(CC(C4)C2)C3)cc1. The van der Waals surface area contributed by atoms with Crippen LogP contribution in [0.1, 0.15) is 69.8 Å². The van der Waals surface area contributed by atoms with Gasteiger partial charge in [-0.15, -0.1) is 0 Å². The number of ether oxygens (including phenoxy) is 1. The fourth-order valence-electron chi connectivity index (χ4n) is 7.17. The second-order valence-corrected chi connectivity index (χ2v) is 10.2. The first-order valence-corrected chi connectivity index (χ1v) is 11.4. The van der Waals surface area contributed by atoms with Gasteiger partial charge in [-0.05, 0) is 105 Å². The molecule has 5 fully saturated rings. The van der Waals surface area contributed by atoms with Gasteiger partial charge in [0.05, 0.1) is 6.04 Å². The minimum atomic E-state index is -0.381. The Bertz CT molecular complexity index is 599. The Labute approximate surface area is 163 Å². The minimum Gasteiger partial charge on any atom is -0.491 e. The van der Waals surface area contributed by atoms with Crippen LogP contribution in [0.3, 0.4) is 0 Å². The maximum atomic E-state index is 10.2. The molecule has 5 saturated carbocycles. The Balaban J connectivity index is 1.15. The summed E-state index contributed by atoms with van der Waals surface area (Å²) in [5.74, 6) is 3.86. The summed E-state index contributed by atoms with van der Waals surface area (Å²) in [4.78, 5) is 0. The van der Waals surface area contributed by atoms with E-state index >= 15 is 0 Å². The molecule has 1 aromatic rings. The Morgan fingerprint density at radius 1 is 0.963 bits per heavy atom. The molecule has 0 amide bonds. The molecule has 27 heavy (non-hydrogen) atoms. The maximum Gasteiger partial charge on any atom is 0.137 e. The first-order valence-electron chi connectivity index (χ1n) is 11.4. The van der Waals surface area contributed by atoms with Gasteiger partial charge in [-0.1, -0.05) is 12.1 Å². The van der Waals surface area contributed by atoms with Crippen molar-refractivity contribution in [3.63, 3.8) is 0 Å². The van der Waals surface area contributed by atoms with E-state index in [1.807, 2.05) is 0 Å². The zero-order chi connectivity index (χ0) is 18.3. The monoisotopic (exact) mass is 370 g/mol. The first-order chi connectivity index (χ1) is 13.2. The summed E-state index contributed by atoms with van der Waals surface area (Å²) in [6, 6.07) is 9.64. The quantitative estimate of drug-likeness (QED) is 0.773. The summed E-state index contributed by atoms with van der Waals surface area (Å²) in [6.07, 6.45) is 13.7. The number of rotatable bonds is 7. The van der Waals surface area contributed by atoms with Gasteiger partial charge in [-0.3, -0.25) is 0 Å². The third-order valence-electron chi connectivity index (χ3n) is 8.09. The van der Waals surface area contributed by atoms with Crippen LogP contribution in [0.5, 0.6) is 5.75 Å². The molecular weight excluding hydrogens is 334 g/mol. The molecule has 1 atom stereocenters. The van der Waals surface area contributed by atoms with Crippen LogP contribution < -0.4 is 10.1 Å². The van der Waals surface area contributed by atoms with E-state index in [1.165, 1.54) is 64.2 Å². The second kappa shape index (κ2) is 7.40. The van der Waals surface area contributed by atoms with Gasteiger partial charge in [0, 0.05) is 0 Å². The van der Waals surface area contributed by atoms with Crippen LogP contribution in [-0.2, 0) is 5.41 Å². The average molecular weight is 371 g/mol. The molecule has 0 aromatic heterocycles. The Hall–Kier alpha value is -1.06. The molecule has 0 unspecified atom stereocenters. The normalized spacial score (nSPS) is 36.3. The van der Waals surface area contributed by atoms with Gasteiger partial charge in [-0.2, -0.15) is 0 Å². The first kappa shape index (κ1) is 18.0. The Kier molecular flexibility index (Phi) is 4.94. The van der Waals surface area contributed by atoms with Gasteiger partial charge in [0.1, 0.15) is 25.0 Å². The molecule has 0 spiro atoms. The van der Waals surface area contributed by atoms with E-state index in [9.17, 15) is 5.11 Å². The summed E-state index contributed by atoms with van der Waals surface area (Å²) < 4.78 is 5.89. The molecule has 5 aliphatic carbocycles. The molecule has 6 rings (SSSR count). The third-order valence-corrected chi connectivity index (χ3v) is 8.09. The number of hydrogen-bond acceptors (Lipinski definition) is 2. The number of benzene rings is 1. The van der Waals surface area contributed by atoms with Gasteiger partial charge < -0.3 is 15.2 Å². The Morgan fingerprint density at radius 3 is 2.15 bits per heavy atom. The van der Waals surface area contributed by atoms with Gasteiger partial charge in [-0.25, -0.2) is 0 Å². The lowest BCUT2D eigenvalue weighted by atomic mass is 9.48. The Morgan fingerprint density at radius 2 is 1.56 bits per heavy atom. The largest absolute Gasteiger partial charge is 0.491 e. The average Bonchev–Trinajstić information content (AvgIpc) is 3.18. The van der Waals surface area contributed by atoms with Crippen LogP contribution in [0.15, 0.2) is 24.3 Å². The second-order valence-electron chi connectivity index (χ2n) is 10.2. The van der Waals surface area contributed by atoms with Crippen molar-refractivity contribution < 1.29 is 15.2 Å². The fourth-order valence-corrected chi connectivity index (χ4v) is 7.17. The minimum absolute atomic E-state index is 0.381. The van der Waals surface area contributed by atoms with Crippen LogP contribution >= 0.6 is 0 Å². The molecule has 0 aliphatic heterocycles. The molecule has 3 N–H and O–H groups in total. The van der Waals surface area contributed by atoms with E-state index < -0.39 is 0 Å². The van der Waals surface area contributed by atoms with Crippen molar-refractivity contribution in [3.05, 3.63) is 29.8 Å². The fraction of sp³-hybridized carbons (Fsp3) is 0.750. The van der Waals surface area contributed by atoms with Crippen molar-refractivity contribution in [1.82, 2.24) is 0 Å². The number of hydrogen-bond donors (Lipinski definition) is 2. The van der Waals surface area contributed by atoms with E-state index in [1.54, 1.807) is 5.56 Å². The summed E-state index contributed by atoms with van der Waals surface area (Å²) >= 11 is 0. The number of nitrogens with two attached hydrogens (primary N) is 1. The molecule has 1 aromatic carbocycles. The van der Waals surface area contributed by atoms with Crippen molar-refractivity contribution in [2.24, 2.45) is 17.8 Å². The van der Waals surface area contributed by atoms with Crippen molar-refractivity contribution in [2.75, 3.05) is 13.2 Å². The standard InChI is InChI=1S/C24H35NO2/c26-22(15-25-21-3-1-2-4-21)16-27-23-7-5-20(6-8-23)24-12-17-9-18(13-24)11-19(10-17)14-24/h5-8,17-19,21-22,25-26H,1-4,9-16H2/p+1/t17?,18?,19?,22-,24?/m0/s1. The van der Waals surface area contributed by atoms with Gasteiger partial charge in [0.25, 0.3) is 0 Å². The number of aliphatic hydroxyl groups is 1. The highest BCUT2D eigenvalue weighted by molar-refractivity contribution is 5.34. The van der Waals surface area contributed by atoms with Crippen LogP contribution in [0.25, 0.3) is 0 Å². The third kappa shape index (κ3) is 3.78. The van der Waals surface area contributed by atoms with Crippen LogP contribution in [0.4, 0.5) is 0 Å². The number of quaternary nitrogens is 1. The molecule has 3 nitrogen and oxygen atoms in total. The summed E-state index contributed by atoms with van der Waals surface area (Å²) in [6.45, 7) is 1.16. The number of aliphatic hydroxyl groups excluding tert-OH is 1. The highest BCUT2D eigenvalue weighted by atomic mass is 16.5. The van der Waals surface area contributed by atoms with Gasteiger partial charge in [0.2, 0.25) is 0 Å². The van der Waals surface area contributed by atoms with Crippen LogP contribution in [-0.4, -0.2) is 30.4 Å². The molecule has 4 bridgehead atoms. The molecule has 0 saturated heterocycles. The topological polar surface area (TPSA) is 46.1 Å². The zero-order valence-corrected chi connectivity index (χ0v) is 16.6. The zero-order valence-electron chi connectivity index (χ0n) is 16.6. The predicted octanol–water partition coefficient (Wildman–Crippen LogP) is 3.40. The molecular formula is C24H36NO2+. The van der Waals surface area contributed by atoms with Crippen LogP contribution in [0, 0.1) is 17.8 Å². The predicted molar refractivity (Wildman–Crippen MR) is 107 cm³/mol. The molecule has 0 radical (unpaired) electrons. The van der Waals surface area contributed by atoms with Crippen molar-refractivity contribution in [2.45, 2.75) is 81.8 Å². The van der Waals surface area contributed by atoms with Crippen molar-refractivity contribution >= 4 is 0 Å². The lowest BCUT2D eigenvalue weighted by Crippen LogP contribution is -2.91. The van der Waals surface area contributed by atoms with E-state index in [-0.39, 0.29) is 6.10 Å². The summed E-state index contributed by atoms with van der Waals surface area (Å²) in [7, 11) is 0. The smallest absolute Gasteiger partial charge is 0.137 e. The van der Waals surface area contributed by atoms with Gasteiger partial charge in [0.15, 0.2) is 0 Å². The molecule has 0 heterocycles. The molecule has 3 heteroatoms. The lowest BCUT2D eigenvalue weighted by Gasteiger charge is -2.57. The van der Waals surface area contributed by atoms with Crippen LogP contribution in [0.2, 0.25) is 0 Å². The highest BCUT2D eigenvalue weighted by Crippen LogP contribution is 2.60. The van der Waals surface area contributed by atoms with Gasteiger partial charge >= 0.3 is 0 Å². The van der Waals surface area contributed by atoms with E-state index in [0.717, 1.165) is 36.1 Å². The summed E-state index contributed by atoms with van der Waals surface area (Å²) in [5.41, 5.74) is 2.01. The highest BCUT2D eigenvalue weighted by Gasteiger charge is 2.51. The maximum absolute atomic E-state index is 10.2. The molecule has 5 aliphatic rings. The lowest BCUT2D eigenvalue weighted by molar-refractivity contribution is -0.693. The summed E-state index contributed by atoms with van der Waals surface area (Å²) in [5, 5.41) is 12.5. The van der Waals surface area contributed by atoms with E-state index in [0.29, 0.717) is 12.0 Å².